The van der Waals surface area contributed by atoms with Gasteiger partial charge in [-0.1, -0.05) is 17.7 Å². The number of benzene rings is 1. The number of nitrogens with one attached hydrogen (secondary N) is 2. The third kappa shape index (κ3) is 5.47. The van der Waals surface area contributed by atoms with Crippen LogP contribution in [0.25, 0.3) is 10.9 Å². The molecule has 174 valence electrons. The van der Waals surface area contributed by atoms with Crippen LogP contribution < -0.4 is 15.5 Å². The summed E-state index contributed by atoms with van der Waals surface area (Å²) >= 11 is 5.79. The highest BCUT2D eigenvalue weighted by Crippen LogP contribution is 2.29. The molecule has 2 aromatic heterocycles. The summed E-state index contributed by atoms with van der Waals surface area (Å²) in [4.78, 5) is 27.2. The number of hydrogen-bond acceptors (Lipinski definition) is 6. The lowest BCUT2D eigenvalue weighted by Gasteiger charge is -2.28. The van der Waals surface area contributed by atoms with Crippen LogP contribution in [0.3, 0.4) is 0 Å². The molecule has 1 saturated carbocycles. The van der Waals surface area contributed by atoms with Crippen LogP contribution in [0.15, 0.2) is 30.5 Å². The van der Waals surface area contributed by atoms with Crippen molar-refractivity contribution in [3.05, 3.63) is 52.8 Å². The number of carbonyl (C=O) groups is 1. The molecular weight excluding hydrogens is 450 g/mol. The molecule has 2 heterocycles. The lowest BCUT2D eigenvalue weighted by atomic mass is 9.85. The van der Waals surface area contributed by atoms with Gasteiger partial charge >= 0.3 is 0 Å². The Morgan fingerprint density at radius 3 is 2.52 bits per heavy atom. The Bertz CT molecular complexity index is 1150. The monoisotopic (exact) mass is 474 g/mol. The van der Waals surface area contributed by atoms with Gasteiger partial charge in [-0.2, -0.15) is 4.98 Å². The quantitative estimate of drug-likeness (QED) is 0.518. The summed E-state index contributed by atoms with van der Waals surface area (Å²) in [5, 5.41) is 7.13. The Kier molecular flexibility index (Phi) is 6.88. The molecule has 1 amide bonds. The fourth-order valence-electron chi connectivity index (χ4n) is 4.04. The van der Waals surface area contributed by atoms with E-state index in [2.05, 4.69) is 25.6 Å². The third-order valence-corrected chi connectivity index (χ3v) is 6.05. The van der Waals surface area contributed by atoms with Gasteiger partial charge in [-0.15, -0.1) is 0 Å². The predicted molar refractivity (Wildman–Crippen MR) is 124 cm³/mol. The minimum atomic E-state index is -0.947. The summed E-state index contributed by atoms with van der Waals surface area (Å²) in [5.74, 6) is -1.05. The number of pyridine rings is 1. The maximum Gasteiger partial charge on any atom is 0.225 e. The first-order valence-corrected chi connectivity index (χ1v) is 11.2. The molecule has 0 radical (unpaired) electrons. The van der Waals surface area contributed by atoms with Crippen LogP contribution in [0.5, 0.6) is 0 Å². The van der Waals surface area contributed by atoms with E-state index in [0.29, 0.717) is 34.4 Å². The van der Waals surface area contributed by atoms with Crippen molar-refractivity contribution in [3.63, 3.8) is 0 Å². The number of carbonyl (C=O) groups excluding carboxylic acids is 1. The minimum absolute atomic E-state index is 0.0257. The van der Waals surface area contributed by atoms with Crippen molar-refractivity contribution in [1.82, 2.24) is 20.3 Å². The van der Waals surface area contributed by atoms with E-state index in [9.17, 15) is 13.6 Å². The molecule has 0 spiro atoms. The van der Waals surface area contributed by atoms with Crippen molar-refractivity contribution in [2.24, 2.45) is 5.92 Å². The highest BCUT2D eigenvalue weighted by Gasteiger charge is 2.27. The van der Waals surface area contributed by atoms with Gasteiger partial charge in [-0.3, -0.25) is 4.79 Å². The van der Waals surface area contributed by atoms with Crippen LogP contribution in [0.4, 0.5) is 20.5 Å². The summed E-state index contributed by atoms with van der Waals surface area (Å²) in [6, 6.07) is 5.83. The highest BCUT2D eigenvalue weighted by atomic mass is 35.5. The lowest BCUT2D eigenvalue weighted by Crippen LogP contribution is -2.36. The Morgan fingerprint density at radius 2 is 1.85 bits per heavy atom. The Hall–Kier alpha value is -3.07. The minimum Gasteiger partial charge on any atom is -0.362 e. The highest BCUT2D eigenvalue weighted by molar-refractivity contribution is 6.29. The number of fused-ring (bicyclic) bond motifs is 1. The predicted octanol–water partition coefficient (Wildman–Crippen LogP) is 4.31. The first kappa shape index (κ1) is 23.1. The molecular formula is C23H25ClF2N6O. The Balaban J connectivity index is 1.37. The van der Waals surface area contributed by atoms with E-state index >= 15 is 0 Å². The average Bonchev–Trinajstić information content (AvgIpc) is 2.79. The Morgan fingerprint density at radius 1 is 1.12 bits per heavy atom. The van der Waals surface area contributed by atoms with Gasteiger partial charge in [-0.25, -0.2) is 18.7 Å². The molecule has 0 saturated heterocycles. The first-order chi connectivity index (χ1) is 15.8. The van der Waals surface area contributed by atoms with E-state index in [4.69, 9.17) is 11.6 Å². The molecule has 0 unspecified atom stereocenters. The van der Waals surface area contributed by atoms with E-state index in [-0.39, 0.29) is 17.9 Å². The molecule has 2 N–H and O–H groups in total. The fourth-order valence-corrected chi connectivity index (χ4v) is 4.15. The zero-order valence-corrected chi connectivity index (χ0v) is 19.2. The van der Waals surface area contributed by atoms with Gasteiger partial charge < -0.3 is 15.5 Å². The number of aromatic nitrogens is 3. The van der Waals surface area contributed by atoms with E-state index in [1.165, 1.54) is 0 Å². The average molecular weight is 475 g/mol. The number of rotatable bonds is 6. The number of hydrogen-bond donors (Lipinski definition) is 2. The number of anilines is 2. The first-order valence-electron chi connectivity index (χ1n) is 10.8. The maximum absolute atomic E-state index is 13.8. The second-order valence-corrected chi connectivity index (χ2v) is 8.84. The zero-order valence-electron chi connectivity index (χ0n) is 18.4. The Labute approximate surface area is 195 Å². The van der Waals surface area contributed by atoms with Crippen molar-refractivity contribution in [2.45, 2.75) is 38.3 Å². The standard InChI is InChI=1S/C23H25ClF2N6O/c1-32(2)21-16-9-17(25)18(26)10-19(16)30-23(31-21)29-15-6-4-14(5-7-15)22(33)28-12-13-3-8-20(24)27-11-13/h3,8-11,14-15H,4-7,12H2,1-2H3,(H,28,33)(H,29,30,31). The number of nitrogens with zero attached hydrogens (tertiary/aromatic N) is 4. The van der Waals surface area contributed by atoms with Gasteiger partial charge in [0.25, 0.3) is 0 Å². The molecule has 1 aromatic carbocycles. The molecule has 1 aliphatic rings. The van der Waals surface area contributed by atoms with Crippen molar-refractivity contribution in [1.29, 1.82) is 0 Å². The van der Waals surface area contributed by atoms with E-state index in [1.54, 1.807) is 31.3 Å². The summed E-state index contributed by atoms with van der Waals surface area (Å²) in [6.07, 6.45) is 4.66. The van der Waals surface area contributed by atoms with Crippen LogP contribution >= 0.6 is 11.6 Å². The summed E-state index contributed by atoms with van der Waals surface area (Å²) in [5.41, 5.74) is 1.23. The molecule has 0 bridgehead atoms. The second-order valence-electron chi connectivity index (χ2n) is 8.45. The normalized spacial score (nSPS) is 18.2. The smallest absolute Gasteiger partial charge is 0.225 e. The van der Waals surface area contributed by atoms with Crippen molar-refractivity contribution >= 4 is 40.2 Å². The molecule has 1 fully saturated rings. The van der Waals surface area contributed by atoms with Crippen molar-refractivity contribution < 1.29 is 13.6 Å². The molecule has 10 heteroatoms. The van der Waals surface area contributed by atoms with Crippen LogP contribution in [-0.2, 0) is 11.3 Å². The van der Waals surface area contributed by atoms with Gasteiger partial charge in [0, 0.05) is 50.2 Å². The summed E-state index contributed by atoms with van der Waals surface area (Å²) < 4.78 is 27.5. The molecule has 4 rings (SSSR count). The van der Waals surface area contributed by atoms with Crippen molar-refractivity contribution in [2.75, 3.05) is 24.3 Å². The molecule has 1 aliphatic carbocycles. The fraction of sp³-hybridized carbons (Fsp3) is 0.391. The molecule has 7 nitrogen and oxygen atoms in total. The molecule has 33 heavy (non-hydrogen) atoms. The van der Waals surface area contributed by atoms with Gasteiger partial charge in [0.15, 0.2) is 11.6 Å². The van der Waals surface area contributed by atoms with Crippen LogP contribution in [0.1, 0.15) is 31.2 Å². The van der Waals surface area contributed by atoms with E-state index in [0.717, 1.165) is 43.4 Å². The zero-order chi connectivity index (χ0) is 23.5. The van der Waals surface area contributed by atoms with Gasteiger partial charge in [0.05, 0.1) is 5.52 Å². The van der Waals surface area contributed by atoms with Crippen LogP contribution in [-0.4, -0.2) is 41.0 Å². The molecule has 0 atom stereocenters. The molecule has 3 aromatic rings. The summed E-state index contributed by atoms with van der Waals surface area (Å²) in [6.45, 7) is 0.413. The maximum atomic E-state index is 13.8. The largest absolute Gasteiger partial charge is 0.362 e. The van der Waals surface area contributed by atoms with Crippen LogP contribution in [0, 0.1) is 17.6 Å². The van der Waals surface area contributed by atoms with Crippen molar-refractivity contribution in [3.8, 4) is 0 Å². The molecule has 0 aliphatic heterocycles. The summed E-state index contributed by atoms with van der Waals surface area (Å²) in [7, 11) is 3.58. The number of amides is 1. The topological polar surface area (TPSA) is 83.0 Å². The SMILES string of the molecule is CN(C)c1nc(NC2CCC(C(=O)NCc3ccc(Cl)nc3)CC2)nc2cc(F)c(F)cc12. The van der Waals surface area contributed by atoms with Gasteiger partial charge in [0.2, 0.25) is 11.9 Å². The second kappa shape index (κ2) is 9.82. The van der Waals surface area contributed by atoms with Crippen LogP contribution in [0.2, 0.25) is 5.15 Å². The van der Waals surface area contributed by atoms with Gasteiger partial charge in [-0.05, 0) is 43.4 Å². The number of halogens is 3. The van der Waals surface area contributed by atoms with Gasteiger partial charge in [0.1, 0.15) is 11.0 Å². The third-order valence-electron chi connectivity index (χ3n) is 5.83. The van der Waals surface area contributed by atoms with E-state index < -0.39 is 11.6 Å². The van der Waals surface area contributed by atoms with E-state index in [1.807, 2.05) is 6.07 Å². The lowest BCUT2D eigenvalue weighted by molar-refractivity contribution is -0.126.